The minimum atomic E-state index is -0.691. The summed E-state index contributed by atoms with van der Waals surface area (Å²) >= 11 is 0. The lowest BCUT2D eigenvalue weighted by Gasteiger charge is -2.40. The number of hydrogen-bond donors (Lipinski definition) is 1. The van der Waals surface area contributed by atoms with Crippen LogP contribution in [0.3, 0.4) is 0 Å². The maximum Gasteiger partial charge on any atom is 0.268 e. The summed E-state index contributed by atoms with van der Waals surface area (Å²) in [6, 6.07) is 17.6. The molecule has 2 aliphatic heterocycles. The number of nitrogens with one attached hydrogen (secondary N) is 1. The monoisotopic (exact) mass is 392 g/mol. The number of amides is 2. The molecule has 1 N–H and O–H groups in total. The maximum atomic E-state index is 13.6. The van der Waals surface area contributed by atoms with Gasteiger partial charge in [-0.3, -0.25) is 9.59 Å². The van der Waals surface area contributed by atoms with Gasteiger partial charge in [0, 0.05) is 37.0 Å². The molecule has 0 aromatic heterocycles. The third-order valence-electron chi connectivity index (χ3n) is 6.09. The summed E-state index contributed by atoms with van der Waals surface area (Å²) in [5.41, 5.74) is 1.80. The molecule has 2 saturated heterocycles. The van der Waals surface area contributed by atoms with Gasteiger partial charge in [0.25, 0.3) is 5.91 Å². The number of piperidine rings is 1. The number of likely N-dealkylation sites (tertiary alicyclic amines) is 1. The number of benzene rings is 2. The zero-order chi connectivity index (χ0) is 20.3. The lowest BCUT2D eigenvalue weighted by atomic mass is 9.79. The van der Waals surface area contributed by atoms with Crippen LogP contribution in [-0.4, -0.2) is 36.3 Å². The molecule has 152 valence electrons. The van der Waals surface area contributed by atoms with Crippen molar-refractivity contribution in [3.63, 3.8) is 0 Å². The first kappa shape index (κ1) is 19.5. The zero-order valence-corrected chi connectivity index (χ0v) is 16.9. The molecule has 0 saturated carbocycles. The highest BCUT2D eigenvalue weighted by atomic mass is 16.5. The van der Waals surface area contributed by atoms with E-state index in [1.807, 2.05) is 59.5 Å². The van der Waals surface area contributed by atoms with Crippen LogP contribution in [0, 0.1) is 5.41 Å². The molecule has 2 heterocycles. The second kappa shape index (κ2) is 8.27. The standard InChI is InChI=1S/C24H28N2O3/c1-2-18-9-6-7-12-20(18)29-22(19-10-4-3-5-11-19)23(28)26-14-8-13-24(17-26)15-21(27)25-16-24/h3-7,9-12,22H,2,8,13-17H2,1H3,(H,25,27)/t22-,24+/m0/s1. The van der Waals surface area contributed by atoms with Crippen LogP contribution in [0.2, 0.25) is 0 Å². The normalized spacial score (nSPS) is 22.4. The van der Waals surface area contributed by atoms with Crippen LogP contribution in [0.4, 0.5) is 0 Å². The van der Waals surface area contributed by atoms with Gasteiger partial charge >= 0.3 is 0 Å². The summed E-state index contributed by atoms with van der Waals surface area (Å²) < 4.78 is 6.34. The van der Waals surface area contributed by atoms with Crippen LogP contribution in [0.25, 0.3) is 0 Å². The molecule has 4 rings (SSSR count). The molecule has 2 aromatic carbocycles. The predicted octanol–water partition coefficient (Wildman–Crippen LogP) is 3.50. The third-order valence-corrected chi connectivity index (χ3v) is 6.09. The number of carbonyl (C=O) groups excluding carboxylic acids is 2. The fourth-order valence-electron chi connectivity index (χ4n) is 4.53. The molecule has 5 heteroatoms. The number of aryl methyl sites for hydroxylation is 1. The fraction of sp³-hybridized carbons (Fsp3) is 0.417. The highest BCUT2D eigenvalue weighted by Crippen LogP contribution is 2.37. The van der Waals surface area contributed by atoms with E-state index in [1.54, 1.807) is 0 Å². The van der Waals surface area contributed by atoms with Crippen LogP contribution >= 0.6 is 0 Å². The van der Waals surface area contributed by atoms with E-state index >= 15 is 0 Å². The van der Waals surface area contributed by atoms with Crippen molar-refractivity contribution in [2.24, 2.45) is 5.41 Å². The van der Waals surface area contributed by atoms with Gasteiger partial charge in [-0.2, -0.15) is 0 Å². The number of carbonyl (C=O) groups is 2. The van der Waals surface area contributed by atoms with Gasteiger partial charge in [-0.25, -0.2) is 0 Å². The van der Waals surface area contributed by atoms with Crippen LogP contribution < -0.4 is 10.1 Å². The van der Waals surface area contributed by atoms with Gasteiger partial charge in [0.05, 0.1) is 0 Å². The van der Waals surface area contributed by atoms with Crippen molar-refractivity contribution in [3.05, 3.63) is 65.7 Å². The Balaban J connectivity index is 1.61. The Kier molecular flexibility index (Phi) is 5.56. The number of rotatable bonds is 5. The molecule has 2 atom stereocenters. The second-order valence-corrected chi connectivity index (χ2v) is 8.19. The number of para-hydroxylation sites is 1. The molecule has 2 fully saturated rings. The summed E-state index contributed by atoms with van der Waals surface area (Å²) in [6.07, 6.45) is 2.54. The summed E-state index contributed by atoms with van der Waals surface area (Å²) in [5.74, 6) is 0.814. The second-order valence-electron chi connectivity index (χ2n) is 8.19. The summed E-state index contributed by atoms with van der Waals surface area (Å²) in [4.78, 5) is 27.3. The molecule has 29 heavy (non-hydrogen) atoms. The lowest BCUT2D eigenvalue weighted by molar-refractivity contribution is -0.142. The van der Waals surface area contributed by atoms with Gasteiger partial charge in [0.15, 0.2) is 0 Å². The molecule has 1 spiro atoms. The molecule has 0 aliphatic carbocycles. The van der Waals surface area contributed by atoms with E-state index in [0.717, 1.165) is 36.1 Å². The summed E-state index contributed by atoms with van der Waals surface area (Å²) in [5, 5.41) is 2.95. The van der Waals surface area contributed by atoms with E-state index in [-0.39, 0.29) is 17.2 Å². The average molecular weight is 392 g/mol. The molecule has 0 radical (unpaired) electrons. The van der Waals surface area contributed by atoms with Gasteiger partial charge < -0.3 is 15.0 Å². The lowest BCUT2D eigenvalue weighted by Crippen LogP contribution is -2.49. The first-order chi connectivity index (χ1) is 14.1. The zero-order valence-electron chi connectivity index (χ0n) is 16.9. The van der Waals surface area contributed by atoms with E-state index < -0.39 is 6.10 Å². The van der Waals surface area contributed by atoms with Crippen molar-refractivity contribution in [2.75, 3.05) is 19.6 Å². The van der Waals surface area contributed by atoms with Crippen molar-refractivity contribution < 1.29 is 14.3 Å². The molecular weight excluding hydrogens is 364 g/mol. The number of ether oxygens (including phenoxy) is 1. The van der Waals surface area contributed by atoms with E-state index in [4.69, 9.17) is 4.74 Å². The van der Waals surface area contributed by atoms with E-state index in [1.165, 1.54) is 0 Å². The Morgan fingerprint density at radius 2 is 1.93 bits per heavy atom. The molecule has 0 unspecified atom stereocenters. The number of nitrogens with zero attached hydrogens (tertiary/aromatic N) is 1. The highest BCUT2D eigenvalue weighted by molar-refractivity contribution is 5.84. The minimum absolute atomic E-state index is 0.0273. The third kappa shape index (κ3) is 4.14. The molecule has 2 amide bonds. The molecule has 0 bridgehead atoms. The minimum Gasteiger partial charge on any atom is -0.476 e. The number of hydrogen-bond acceptors (Lipinski definition) is 3. The van der Waals surface area contributed by atoms with Crippen LogP contribution in [0.5, 0.6) is 5.75 Å². The summed E-state index contributed by atoms with van der Waals surface area (Å²) in [6.45, 7) is 4.05. The Bertz CT molecular complexity index is 883. The maximum absolute atomic E-state index is 13.6. The SMILES string of the molecule is CCc1ccccc1O[C@H](C(=O)N1CCC[C@@]2(CNC(=O)C2)C1)c1ccccc1. The Labute approximate surface area is 172 Å². The quantitative estimate of drug-likeness (QED) is 0.847. The first-order valence-corrected chi connectivity index (χ1v) is 10.5. The Hall–Kier alpha value is -2.82. The molecular formula is C24H28N2O3. The van der Waals surface area contributed by atoms with E-state index in [2.05, 4.69) is 12.2 Å². The summed E-state index contributed by atoms with van der Waals surface area (Å²) in [7, 11) is 0. The van der Waals surface area contributed by atoms with Gasteiger partial charge in [-0.05, 0) is 30.9 Å². The Morgan fingerprint density at radius 1 is 1.17 bits per heavy atom. The van der Waals surface area contributed by atoms with Crippen LogP contribution in [-0.2, 0) is 16.0 Å². The average Bonchev–Trinajstić information content (AvgIpc) is 3.11. The van der Waals surface area contributed by atoms with Crippen molar-refractivity contribution >= 4 is 11.8 Å². The van der Waals surface area contributed by atoms with Crippen molar-refractivity contribution in [1.82, 2.24) is 10.2 Å². The highest BCUT2D eigenvalue weighted by Gasteiger charge is 2.44. The molecule has 5 nitrogen and oxygen atoms in total. The molecule has 2 aromatic rings. The van der Waals surface area contributed by atoms with Gasteiger partial charge in [-0.1, -0.05) is 55.5 Å². The van der Waals surface area contributed by atoms with Gasteiger partial charge in [0.2, 0.25) is 12.0 Å². The largest absolute Gasteiger partial charge is 0.476 e. The smallest absolute Gasteiger partial charge is 0.268 e. The van der Waals surface area contributed by atoms with Crippen molar-refractivity contribution in [1.29, 1.82) is 0 Å². The van der Waals surface area contributed by atoms with Gasteiger partial charge in [-0.15, -0.1) is 0 Å². The van der Waals surface area contributed by atoms with Gasteiger partial charge in [0.1, 0.15) is 5.75 Å². The van der Waals surface area contributed by atoms with Crippen molar-refractivity contribution in [3.8, 4) is 5.75 Å². The first-order valence-electron chi connectivity index (χ1n) is 10.5. The molecule has 2 aliphatic rings. The van der Waals surface area contributed by atoms with Crippen molar-refractivity contribution in [2.45, 2.75) is 38.7 Å². The van der Waals surface area contributed by atoms with Crippen LogP contribution in [0.1, 0.15) is 43.4 Å². The topological polar surface area (TPSA) is 58.6 Å². The van der Waals surface area contributed by atoms with E-state index in [9.17, 15) is 9.59 Å². The van der Waals surface area contributed by atoms with Crippen LogP contribution in [0.15, 0.2) is 54.6 Å². The fourth-order valence-corrected chi connectivity index (χ4v) is 4.53. The van der Waals surface area contributed by atoms with E-state index in [0.29, 0.717) is 26.1 Å². The predicted molar refractivity (Wildman–Crippen MR) is 112 cm³/mol. The Morgan fingerprint density at radius 3 is 2.66 bits per heavy atom.